The molecule has 1 aliphatic heterocycles. The first-order valence-electron chi connectivity index (χ1n) is 11.2. The second-order valence-electron chi connectivity index (χ2n) is 8.36. The number of nitrogens with one attached hydrogen (secondary N) is 2. The Labute approximate surface area is 197 Å². The topological polar surface area (TPSA) is 101 Å². The molecule has 34 heavy (non-hydrogen) atoms. The van der Waals surface area contributed by atoms with Crippen molar-refractivity contribution in [3.05, 3.63) is 89.4 Å². The molecule has 8 heteroatoms. The molecular weight excluding hydrogens is 434 g/mol. The first kappa shape index (κ1) is 23.3. The van der Waals surface area contributed by atoms with Crippen LogP contribution in [0.4, 0.5) is 5.69 Å². The Morgan fingerprint density at radius 2 is 1.53 bits per heavy atom. The molecule has 4 rings (SSSR count). The van der Waals surface area contributed by atoms with Gasteiger partial charge in [-0.25, -0.2) is 0 Å². The first-order chi connectivity index (χ1) is 16.4. The predicted molar refractivity (Wildman–Crippen MR) is 127 cm³/mol. The van der Waals surface area contributed by atoms with Crippen molar-refractivity contribution in [2.45, 2.75) is 32.6 Å². The zero-order valence-electron chi connectivity index (χ0n) is 19.1. The number of carbonyl (C=O) groups is 3. The van der Waals surface area contributed by atoms with Gasteiger partial charge in [0.15, 0.2) is 5.76 Å². The van der Waals surface area contributed by atoms with E-state index in [4.69, 9.17) is 9.15 Å². The van der Waals surface area contributed by atoms with Crippen LogP contribution in [0.15, 0.2) is 71.3 Å². The molecule has 1 saturated heterocycles. The van der Waals surface area contributed by atoms with Gasteiger partial charge in [-0.1, -0.05) is 12.1 Å². The molecule has 3 amide bonds. The molecule has 8 nitrogen and oxygen atoms in total. The van der Waals surface area contributed by atoms with Gasteiger partial charge in [0.2, 0.25) is 0 Å². The Balaban J connectivity index is 1.29. The van der Waals surface area contributed by atoms with E-state index in [2.05, 4.69) is 10.6 Å². The van der Waals surface area contributed by atoms with Crippen LogP contribution in [0.5, 0.6) is 0 Å². The Morgan fingerprint density at radius 1 is 0.882 bits per heavy atom. The molecule has 0 radical (unpaired) electrons. The average Bonchev–Trinajstić information content (AvgIpc) is 3.38. The number of furan rings is 1. The fraction of sp³-hybridized carbons (Fsp3) is 0.269. The van der Waals surface area contributed by atoms with Crippen LogP contribution < -0.4 is 10.6 Å². The zero-order valence-corrected chi connectivity index (χ0v) is 19.1. The second-order valence-corrected chi connectivity index (χ2v) is 8.36. The van der Waals surface area contributed by atoms with Gasteiger partial charge >= 0.3 is 0 Å². The molecule has 0 aliphatic carbocycles. The van der Waals surface area contributed by atoms with E-state index < -0.39 is 0 Å². The summed E-state index contributed by atoms with van der Waals surface area (Å²) in [5.41, 5.74) is 2.53. The third-order valence-electron chi connectivity index (χ3n) is 5.51. The van der Waals surface area contributed by atoms with Crippen LogP contribution in [0.1, 0.15) is 50.7 Å². The minimum Gasteiger partial charge on any atom is -0.459 e. The molecule has 3 aromatic rings. The maximum absolute atomic E-state index is 12.8. The molecule has 1 aliphatic rings. The summed E-state index contributed by atoms with van der Waals surface area (Å²) < 4.78 is 10.8. The predicted octanol–water partition coefficient (Wildman–Crippen LogP) is 3.71. The van der Waals surface area contributed by atoms with E-state index in [-0.39, 0.29) is 35.7 Å². The van der Waals surface area contributed by atoms with Gasteiger partial charge in [0, 0.05) is 36.4 Å². The SMILES string of the molecule is CC1CN(C(=O)c2ccc(CNC(=O)c3ccc(NC(=O)c4ccco4)cc3)cc2)CC(C)O1. The molecule has 2 aromatic carbocycles. The average molecular weight is 462 g/mol. The van der Waals surface area contributed by atoms with E-state index in [1.165, 1.54) is 6.26 Å². The van der Waals surface area contributed by atoms with Crippen molar-refractivity contribution < 1.29 is 23.5 Å². The van der Waals surface area contributed by atoms with Crippen LogP contribution in [-0.4, -0.2) is 47.9 Å². The van der Waals surface area contributed by atoms with E-state index in [0.29, 0.717) is 36.4 Å². The van der Waals surface area contributed by atoms with Gasteiger partial charge in [-0.05, 0) is 67.9 Å². The maximum atomic E-state index is 12.8. The molecule has 0 bridgehead atoms. The summed E-state index contributed by atoms with van der Waals surface area (Å²) in [5.74, 6) is -0.400. The fourth-order valence-electron chi connectivity index (χ4n) is 3.88. The van der Waals surface area contributed by atoms with Gasteiger partial charge in [-0.2, -0.15) is 0 Å². The number of morpholine rings is 1. The molecule has 0 spiro atoms. The molecule has 2 atom stereocenters. The summed E-state index contributed by atoms with van der Waals surface area (Å²) in [5, 5.41) is 5.58. The van der Waals surface area contributed by atoms with Crippen molar-refractivity contribution in [3.63, 3.8) is 0 Å². The Kier molecular flexibility index (Phi) is 7.08. The summed E-state index contributed by atoms with van der Waals surface area (Å²) in [7, 11) is 0. The van der Waals surface area contributed by atoms with Crippen LogP contribution in [0.2, 0.25) is 0 Å². The van der Waals surface area contributed by atoms with E-state index in [0.717, 1.165) is 5.56 Å². The van der Waals surface area contributed by atoms with Crippen LogP contribution in [0.3, 0.4) is 0 Å². The van der Waals surface area contributed by atoms with Crippen molar-refractivity contribution in [2.75, 3.05) is 18.4 Å². The van der Waals surface area contributed by atoms with Crippen molar-refractivity contribution >= 4 is 23.4 Å². The zero-order chi connectivity index (χ0) is 24.1. The van der Waals surface area contributed by atoms with Crippen LogP contribution in [0, 0.1) is 0 Å². The lowest BCUT2D eigenvalue weighted by Crippen LogP contribution is -2.48. The van der Waals surface area contributed by atoms with E-state index in [1.807, 2.05) is 30.9 Å². The monoisotopic (exact) mass is 461 g/mol. The van der Waals surface area contributed by atoms with Gasteiger partial charge in [0.25, 0.3) is 17.7 Å². The van der Waals surface area contributed by atoms with Crippen molar-refractivity contribution in [2.24, 2.45) is 0 Å². The lowest BCUT2D eigenvalue weighted by molar-refractivity contribution is -0.0586. The fourth-order valence-corrected chi connectivity index (χ4v) is 3.88. The molecule has 176 valence electrons. The molecule has 2 unspecified atom stereocenters. The van der Waals surface area contributed by atoms with Crippen molar-refractivity contribution in [3.8, 4) is 0 Å². The number of benzene rings is 2. The molecular formula is C26H27N3O5. The number of rotatable bonds is 6. The highest BCUT2D eigenvalue weighted by molar-refractivity contribution is 6.02. The van der Waals surface area contributed by atoms with Crippen LogP contribution >= 0.6 is 0 Å². The number of carbonyl (C=O) groups excluding carboxylic acids is 3. The summed E-state index contributed by atoms with van der Waals surface area (Å²) in [6.45, 7) is 5.41. The van der Waals surface area contributed by atoms with Gasteiger partial charge < -0.3 is 24.7 Å². The summed E-state index contributed by atoms with van der Waals surface area (Å²) in [4.78, 5) is 39.1. The number of hydrogen-bond acceptors (Lipinski definition) is 5. The standard InChI is InChI=1S/C26H27N3O5/c1-17-15-29(16-18(2)34-17)26(32)21-7-5-19(6-8-21)14-27-24(30)20-9-11-22(12-10-20)28-25(31)23-4-3-13-33-23/h3-13,17-18H,14-16H2,1-2H3,(H,27,30)(H,28,31). The van der Waals surface area contributed by atoms with Crippen molar-refractivity contribution in [1.29, 1.82) is 0 Å². The quantitative estimate of drug-likeness (QED) is 0.583. The maximum Gasteiger partial charge on any atom is 0.291 e. The van der Waals surface area contributed by atoms with Gasteiger partial charge in [0.1, 0.15) is 0 Å². The first-order valence-corrected chi connectivity index (χ1v) is 11.2. The smallest absolute Gasteiger partial charge is 0.291 e. The lowest BCUT2D eigenvalue weighted by atomic mass is 10.1. The highest BCUT2D eigenvalue weighted by atomic mass is 16.5. The van der Waals surface area contributed by atoms with Crippen molar-refractivity contribution in [1.82, 2.24) is 10.2 Å². The number of ether oxygens (including phenoxy) is 1. The number of anilines is 1. The molecule has 2 N–H and O–H groups in total. The van der Waals surface area contributed by atoms with Crippen LogP contribution in [0.25, 0.3) is 0 Å². The number of nitrogens with zero attached hydrogens (tertiary/aromatic N) is 1. The molecule has 1 fully saturated rings. The number of amides is 3. The summed E-state index contributed by atoms with van der Waals surface area (Å²) in [6.07, 6.45) is 1.46. The largest absolute Gasteiger partial charge is 0.459 e. The molecule has 0 saturated carbocycles. The Hall–Kier alpha value is -3.91. The Bertz CT molecular complexity index is 1130. The van der Waals surface area contributed by atoms with Gasteiger partial charge in [0.05, 0.1) is 18.5 Å². The lowest BCUT2D eigenvalue weighted by Gasteiger charge is -2.35. The Morgan fingerprint density at radius 3 is 2.15 bits per heavy atom. The minimum atomic E-state index is -0.359. The highest BCUT2D eigenvalue weighted by Gasteiger charge is 2.26. The number of hydrogen-bond donors (Lipinski definition) is 2. The van der Waals surface area contributed by atoms with E-state index in [9.17, 15) is 14.4 Å². The molecule has 1 aromatic heterocycles. The third kappa shape index (κ3) is 5.71. The second kappa shape index (κ2) is 10.4. The highest BCUT2D eigenvalue weighted by Crippen LogP contribution is 2.16. The summed E-state index contributed by atoms with van der Waals surface area (Å²) in [6, 6.07) is 17.0. The van der Waals surface area contributed by atoms with E-state index >= 15 is 0 Å². The molecule has 2 heterocycles. The van der Waals surface area contributed by atoms with Gasteiger partial charge in [-0.15, -0.1) is 0 Å². The van der Waals surface area contributed by atoms with Gasteiger partial charge in [-0.3, -0.25) is 14.4 Å². The summed E-state index contributed by atoms with van der Waals surface area (Å²) >= 11 is 0. The van der Waals surface area contributed by atoms with E-state index in [1.54, 1.807) is 48.5 Å². The van der Waals surface area contributed by atoms with Crippen LogP contribution in [-0.2, 0) is 11.3 Å². The normalized spacial score (nSPS) is 17.8. The minimum absolute atomic E-state index is 0.0168. The third-order valence-corrected chi connectivity index (χ3v) is 5.51.